The molecule has 6 heteroatoms. The first-order valence-electron chi connectivity index (χ1n) is 8.71. The zero-order valence-corrected chi connectivity index (χ0v) is 16.3. The lowest BCUT2D eigenvalue weighted by molar-refractivity contribution is -0.115. The molecule has 1 atom stereocenters. The molecule has 0 spiro atoms. The van der Waals surface area contributed by atoms with Crippen molar-refractivity contribution in [3.05, 3.63) is 54.6 Å². The van der Waals surface area contributed by atoms with E-state index < -0.39 is 0 Å². The van der Waals surface area contributed by atoms with Crippen LogP contribution in [0.4, 0.5) is 5.69 Å². The summed E-state index contributed by atoms with van der Waals surface area (Å²) in [6.07, 6.45) is 2.36. The predicted molar refractivity (Wildman–Crippen MR) is 112 cm³/mol. The molecule has 1 aliphatic rings. The summed E-state index contributed by atoms with van der Waals surface area (Å²) >= 11 is 6.90. The quantitative estimate of drug-likeness (QED) is 0.739. The number of hydrogen-bond acceptors (Lipinski definition) is 4. The summed E-state index contributed by atoms with van der Waals surface area (Å²) in [4.78, 5) is 14.6. The monoisotopic (exact) mass is 386 g/mol. The van der Waals surface area contributed by atoms with Crippen LogP contribution in [-0.2, 0) is 4.79 Å². The van der Waals surface area contributed by atoms with Gasteiger partial charge in [-0.3, -0.25) is 4.79 Å². The van der Waals surface area contributed by atoms with Crippen molar-refractivity contribution in [1.82, 2.24) is 4.90 Å². The van der Waals surface area contributed by atoms with Gasteiger partial charge < -0.3 is 15.0 Å². The van der Waals surface area contributed by atoms with Crippen LogP contribution in [0.3, 0.4) is 0 Å². The first-order chi connectivity index (χ1) is 12.6. The topological polar surface area (TPSA) is 41.6 Å². The summed E-state index contributed by atoms with van der Waals surface area (Å²) < 4.78 is 6.57. The van der Waals surface area contributed by atoms with Crippen molar-refractivity contribution in [2.75, 3.05) is 18.4 Å². The molecule has 4 nitrogen and oxygen atoms in total. The van der Waals surface area contributed by atoms with Crippen LogP contribution in [0.15, 0.2) is 54.6 Å². The van der Waals surface area contributed by atoms with Gasteiger partial charge in [-0.1, -0.05) is 42.2 Å². The van der Waals surface area contributed by atoms with Crippen molar-refractivity contribution in [3.8, 4) is 11.5 Å². The molecule has 2 aromatic carbocycles. The van der Waals surface area contributed by atoms with Crippen LogP contribution in [0.1, 0.15) is 19.8 Å². The van der Waals surface area contributed by atoms with Crippen LogP contribution >= 0.6 is 24.0 Å². The molecule has 1 aliphatic heterocycles. The molecule has 1 fully saturated rings. The number of likely N-dealkylation sites (tertiary alicyclic amines) is 1. The predicted octanol–water partition coefficient (Wildman–Crippen LogP) is 4.92. The minimum atomic E-state index is -0.233. The Hall–Kier alpha value is -2.05. The maximum Gasteiger partial charge on any atom is 0.237 e. The van der Waals surface area contributed by atoms with Gasteiger partial charge in [-0.25, -0.2) is 0 Å². The number of amides is 1. The number of nitrogens with zero attached hydrogens (tertiary/aromatic N) is 1. The Kier molecular flexibility index (Phi) is 6.52. The first kappa shape index (κ1) is 18.7. The summed E-state index contributed by atoms with van der Waals surface area (Å²) in [6.45, 7) is 3.89. The second-order valence-corrected chi connectivity index (χ2v) is 8.12. The molecule has 1 amide bonds. The molecule has 0 aliphatic carbocycles. The lowest BCUT2D eigenvalue weighted by Gasteiger charge is -2.20. The molecule has 26 heavy (non-hydrogen) atoms. The van der Waals surface area contributed by atoms with Gasteiger partial charge in [0.2, 0.25) is 5.91 Å². The third kappa shape index (κ3) is 5.22. The highest BCUT2D eigenvalue weighted by molar-refractivity contribution is 8.23. The second-order valence-electron chi connectivity index (χ2n) is 6.15. The molecule has 1 N–H and O–H groups in total. The van der Waals surface area contributed by atoms with Gasteiger partial charge in [-0.15, -0.1) is 0 Å². The molecular weight excluding hydrogens is 364 g/mol. The van der Waals surface area contributed by atoms with Crippen molar-refractivity contribution in [1.29, 1.82) is 0 Å². The molecule has 0 unspecified atom stereocenters. The van der Waals surface area contributed by atoms with E-state index in [1.165, 1.54) is 24.6 Å². The van der Waals surface area contributed by atoms with Gasteiger partial charge in [0.15, 0.2) is 0 Å². The SMILES string of the molecule is C[C@H](SC(=S)N1CCCC1)C(=O)Nc1ccc(Oc2ccccc2)cc1. The zero-order chi connectivity index (χ0) is 18.4. The minimum Gasteiger partial charge on any atom is -0.457 e. The highest BCUT2D eigenvalue weighted by atomic mass is 32.2. The fourth-order valence-electron chi connectivity index (χ4n) is 2.65. The number of para-hydroxylation sites is 1. The van der Waals surface area contributed by atoms with E-state index in [-0.39, 0.29) is 11.2 Å². The van der Waals surface area contributed by atoms with Crippen molar-refractivity contribution in [2.45, 2.75) is 25.0 Å². The average molecular weight is 387 g/mol. The van der Waals surface area contributed by atoms with Crippen molar-refractivity contribution >= 4 is 39.9 Å². The fraction of sp³-hybridized carbons (Fsp3) is 0.300. The summed E-state index contributed by atoms with van der Waals surface area (Å²) in [6, 6.07) is 17.0. The van der Waals surface area contributed by atoms with E-state index in [1.807, 2.05) is 61.5 Å². The Labute approximate surface area is 163 Å². The summed E-state index contributed by atoms with van der Waals surface area (Å²) in [5, 5.41) is 2.70. The van der Waals surface area contributed by atoms with Gasteiger partial charge in [0.1, 0.15) is 15.8 Å². The van der Waals surface area contributed by atoms with Crippen LogP contribution in [0, 0.1) is 0 Å². The van der Waals surface area contributed by atoms with Crippen LogP contribution in [0.5, 0.6) is 11.5 Å². The van der Waals surface area contributed by atoms with Crippen LogP contribution in [0.25, 0.3) is 0 Å². The first-order valence-corrected chi connectivity index (χ1v) is 10.00. The van der Waals surface area contributed by atoms with Crippen LogP contribution in [-0.4, -0.2) is 33.5 Å². The van der Waals surface area contributed by atoms with E-state index >= 15 is 0 Å². The fourth-order valence-corrected chi connectivity index (χ4v) is 4.07. The van der Waals surface area contributed by atoms with Gasteiger partial charge >= 0.3 is 0 Å². The Balaban J connectivity index is 1.51. The molecule has 1 saturated heterocycles. The third-order valence-corrected chi connectivity index (χ3v) is 5.69. The number of anilines is 1. The van der Waals surface area contributed by atoms with Crippen LogP contribution in [0.2, 0.25) is 0 Å². The molecule has 136 valence electrons. The highest BCUT2D eigenvalue weighted by Gasteiger charge is 2.21. The van der Waals surface area contributed by atoms with E-state index in [0.29, 0.717) is 0 Å². The Bertz CT molecular complexity index is 744. The molecular formula is C20H22N2O2S2. The second kappa shape index (κ2) is 9.05. The standard InChI is InChI=1S/C20H22N2O2S2/c1-15(26-20(25)22-13-5-6-14-22)19(23)21-16-9-11-18(12-10-16)24-17-7-3-2-4-8-17/h2-4,7-12,15H,5-6,13-14H2,1H3,(H,21,23)/t15-/m0/s1. The van der Waals surface area contributed by atoms with Crippen molar-refractivity contribution in [3.63, 3.8) is 0 Å². The van der Waals surface area contributed by atoms with E-state index in [2.05, 4.69) is 10.2 Å². The van der Waals surface area contributed by atoms with Gasteiger partial charge in [0.25, 0.3) is 0 Å². The normalized spacial score (nSPS) is 14.7. The lowest BCUT2D eigenvalue weighted by atomic mass is 10.3. The molecule has 0 radical (unpaired) electrons. The number of rotatable bonds is 5. The number of thiocarbonyl (C=S) groups is 1. The Morgan fingerprint density at radius 2 is 1.69 bits per heavy atom. The third-order valence-electron chi connectivity index (χ3n) is 4.11. The van der Waals surface area contributed by atoms with E-state index in [1.54, 1.807) is 0 Å². The van der Waals surface area contributed by atoms with Gasteiger partial charge in [-0.2, -0.15) is 0 Å². The number of benzene rings is 2. The molecule has 3 rings (SSSR count). The van der Waals surface area contributed by atoms with Gasteiger partial charge in [0, 0.05) is 18.8 Å². The minimum absolute atomic E-state index is 0.0479. The largest absolute Gasteiger partial charge is 0.457 e. The lowest BCUT2D eigenvalue weighted by Crippen LogP contribution is -2.29. The maximum atomic E-state index is 12.4. The molecule has 0 bridgehead atoms. The summed E-state index contributed by atoms with van der Waals surface area (Å²) in [5.74, 6) is 1.46. The van der Waals surface area contributed by atoms with Crippen LogP contribution < -0.4 is 10.1 Å². The molecule has 2 aromatic rings. The number of hydrogen-bond donors (Lipinski definition) is 1. The van der Waals surface area contributed by atoms with Crippen molar-refractivity contribution in [2.24, 2.45) is 0 Å². The number of carbonyl (C=O) groups is 1. The van der Waals surface area contributed by atoms with Gasteiger partial charge in [0.05, 0.1) is 5.25 Å². The van der Waals surface area contributed by atoms with Gasteiger partial charge in [-0.05, 0) is 56.2 Å². The summed E-state index contributed by atoms with van der Waals surface area (Å²) in [7, 11) is 0. The molecule has 0 aromatic heterocycles. The number of carbonyl (C=O) groups excluding carboxylic acids is 1. The zero-order valence-electron chi connectivity index (χ0n) is 14.7. The summed E-state index contributed by atoms with van der Waals surface area (Å²) in [5.41, 5.74) is 0.745. The van der Waals surface area contributed by atoms with E-state index in [0.717, 1.165) is 34.6 Å². The average Bonchev–Trinajstić information content (AvgIpc) is 3.19. The van der Waals surface area contributed by atoms with E-state index in [9.17, 15) is 4.79 Å². The number of nitrogens with one attached hydrogen (secondary N) is 1. The smallest absolute Gasteiger partial charge is 0.237 e. The molecule has 1 heterocycles. The maximum absolute atomic E-state index is 12.4. The number of thioether (sulfide) groups is 1. The van der Waals surface area contributed by atoms with E-state index in [4.69, 9.17) is 17.0 Å². The Morgan fingerprint density at radius 3 is 2.35 bits per heavy atom. The van der Waals surface area contributed by atoms with Crippen molar-refractivity contribution < 1.29 is 9.53 Å². The Morgan fingerprint density at radius 1 is 1.08 bits per heavy atom. The number of ether oxygens (including phenoxy) is 1. The molecule has 0 saturated carbocycles. The highest BCUT2D eigenvalue weighted by Crippen LogP contribution is 2.24.